The van der Waals surface area contributed by atoms with E-state index in [1.807, 2.05) is 25.1 Å². The normalized spacial score (nSPS) is 11.5. The summed E-state index contributed by atoms with van der Waals surface area (Å²) in [6.45, 7) is 1.83. The zero-order valence-corrected chi connectivity index (χ0v) is 15.7. The number of ether oxygens (including phenoxy) is 1. The standard InChI is InChI=1S/C21H24N2O5/c1-2-8-20(25)23(17(21(26)27)13-14-19(22)24)16-11-6-7-12-18(16)28-15-9-4-3-5-10-15/h3-7,9-12,17H,2,8,13-14H2,1H3,(H2,22,24)(H,26,27)/t17-/m0/s1. The highest BCUT2D eigenvalue weighted by atomic mass is 16.5. The van der Waals surface area contributed by atoms with Crippen molar-refractivity contribution in [3.05, 3.63) is 54.6 Å². The van der Waals surface area contributed by atoms with Gasteiger partial charge < -0.3 is 15.6 Å². The Labute approximate surface area is 163 Å². The number of carboxylic acid groups (broad SMARTS) is 1. The molecule has 148 valence electrons. The summed E-state index contributed by atoms with van der Waals surface area (Å²) in [6.07, 6.45) is 0.494. The maximum Gasteiger partial charge on any atom is 0.326 e. The average Bonchev–Trinajstić information content (AvgIpc) is 2.66. The molecule has 0 aliphatic rings. The van der Waals surface area contributed by atoms with Crippen molar-refractivity contribution in [2.75, 3.05) is 4.90 Å². The third kappa shape index (κ3) is 5.57. The van der Waals surface area contributed by atoms with Crippen molar-refractivity contribution < 1.29 is 24.2 Å². The third-order valence-corrected chi connectivity index (χ3v) is 4.09. The summed E-state index contributed by atoms with van der Waals surface area (Å²) >= 11 is 0. The van der Waals surface area contributed by atoms with E-state index in [1.165, 1.54) is 4.90 Å². The lowest BCUT2D eigenvalue weighted by Gasteiger charge is -2.30. The number of amides is 2. The van der Waals surface area contributed by atoms with E-state index in [2.05, 4.69) is 0 Å². The number of para-hydroxylation sites is 3. The lowest BCUT2D eigenvalue weighted by molar-refractivity contribution is -0.140. The van der Waals surface area contributed by atoms with E-state index >= 15 is 0 Å². The summed E-state index contributed by atoms with van der Waals surface area (Å²) in [4.78, 5) is 37.1. The van der Waals surface area contributed by atoms with Crippen molar-refractivity contribution in [3.63, 3.8) is 0 Å². The molecule has 0 bridgehead atoms. The molecule has 0 aliphatic heterocycles. The summed E-state index contributed by atoms with van der Waals surface area (Å²) in [5.74, 6) is -1.28. The van der Waals surface area contributed by atoms with Gasteiger partial charge in [-0.15, -0.1) is 0 Å². The topological polar surface area (TPSA) is 110 Å². The number of anilines is 1. The van der Waals surface area contributed by atoms with Crippen molar-refractivity contribution >= 4 is 23.5 Å². The van der Waals surface area contributed by atoms with Gasteiger partial charge in [-0.2, -0.15) is 0 Å². The molecule has 0 unspecified atom stereocenters. The maximum absolute atomic E-state index is 12.8. The Bertz CT molecular complexity index is 823. The van der Waals surface area contributed by atoms with Gasteiger partial charge in [0, 0.05) is 12.8 Å². The van der Waals surface area contributed by atoms with Crippen LogP contribution in [0, 0.1) is 0 Å². The fourth-order valence-corrected chi connectivity index (χ4v) is 2.81. The van der Waals surface area contributed by atoms with Crippen LogP contribution in [0.1, 0.15) is 32.6 Å². The van der Waals surface area contributed by atoms with Crippen LogP contribution in [0.3, 0.4) is 0 Å². The molecule has 1 atom stereocenters. The number of hydrogen-bond donors (Lipinski definition) is 2. The Morgan fingerprint density at radius 3 is 2.29 bits per heavy atom. The summed E-state index contributed by atoms with van der Waals surface area (Å²) in [7, 11) is 0. The molecule has 0 aromatic heterocycles. The number of primary amides is 1. The number of nitrogens with two attached hydrogens (primary N) is 1. The Hall–Kier alpha value is -3.35. The largest absolute Gasteiger partial charge is 0.480 e. The zero-order chi connectivity index (χ0) is 20.5. The van der Waals surface area contributed by atoms with Crippen molar-refractivity contribution in [1.29, 1.82) is 0 Å². The number of hydrogen-bond acceptors (Lipinski definition) is 4. The molecule has 7 heteroatoms. The van der Waals surface area contributed by atoms with E-state index < -0.39 is 17.9 Å². The lowest BCUT2D eigenvalue weighted by Crippen LogP contribution is -2.46. The van der Waals surface area contributed by atoms with E-state index in [4.69, 9.17) is 10.5 Å². The van der Waals surface area contributed by atoms with Crippen LogP contribution < -0.4 is 15.4 Å². The Kier molecular flexibility index (Phi) is 7.56. The van der Waals surface area contributed by atoms with Gasteiger partial charge in [-0.3, -0.25) is 14.5 Å². The minimum atomic E-state index is -1.23. The van der Waals surface area contributed by atoms with Gasteiger partial charge in [0.15, 0.2) is 5.75 Å². The first-order valence-corrected chi connectivity index (χ1v) is 9.09. The molecule has 3 N–H and O–H groups in total. The molecular formula is C21H24N2O5. The van der Waals surface area contributed by atoms with Gasteiger partial charge in [0.25, 0.3) is 0 Å². The monoisotopic (exact) mass is 384 g/mol. The summed E-state index contributed by atoms with van der Waals surface area (Å²) in [5.41, 5.74) is 5.52. The van der Waals surface area contributed by atoms with Crippen LogP contribution >= 0.6 is 0 Å². The van der Waals surface area contributed by atoms with Crippen molar-refractivity contribution in [1.82, 2.24) is 0 Å². The van der Waals surface area contributed by atoms with E-state index in [1.54, 1.807) is 36.4 Å². The molecule has 0 saturated carbocycles. The van der Waals surface area contributed by atoms with Gasteiger partial charge in [0.1, 0.15) is 11.8 Å². The fourth-order valence-electron chi connectivity index (χ4n) is 2.81. The summed E-state index contributed by atoms with van der Waals surface area (Å²) < 4.78 is 5.90. The molecule has 0 saturated heterocycles. The second-order valence-electron chi connectivity index (χ2n) is 6.26. The molecule has 0 fully saturated rings. The van der Waals surface area contributed by atoms with Crippen LogP contribution in [0.5, 0.6) is 11.5 Å². The second kappa shape index (κ2) is 10.1. The Morgan fingerprint density at radius 2 is 1.68 bits per heavy atom. The first kappa shape index (κ1) is 21.0. The van der Waals surface area contributed by atoms with E-state index in [9.17, 15) is 19.5 Å². The van der Waals surface area contributed by atoms with Crippen LogP contribution in [0.2, 0.25) is 0 Å². The van der Waals surface area contributed by atoms with Crippen LogP contribution in [0.4, 0.5) is 5.69 Å². The van der Waals surface area contributed by atoms with Crippen LogP contribution in [0.25, 0.3) is 0 Å². The van der Waals surface area contributed by atoms with Crippen LogP contribution in [0.15, 0.2) is 54.6 Å². The average molecular weight is 384 g/mol. The Balaban J connectivity index is 2.46. The van der Waals surface area contributed by atoms with Gasteiger partial charge in [0.05, 0.1) is 5.69 Å². The number of rotatable bonds is 10. The van der Waals surface area contributed by atoms with Gasteiger partial charge in [-0.1, -0.05) is 37.3 Å². The molecule has 7 nitrogen and oxygen atoms in total. The molecule has 28 heavy (non-hydrogen) atoms. The molecule has 0 radical (unpaired) electrons. The highest BCUT2D eigenvalue weighted by Gasteiger charge is 2.32. The quantitative estimate of drug-likeness (QED) is 0.653. The minimum Gasteiger partial charge on any atom is -0.480 e. The first-order chi connectivity index (χ1) is 13.4. The summed E-state index contributed by atoms with van der Waals surface area (Å²) in [5, 5.41) is 9.73. The summed E-state index contributed by atoms with van der Waals surface area (Å²) in [6, 6.07) is 14.5. The first-order valence-electron chi connectivity index (χ1n) is 9.09. The molecule has 2 aromatic carbocycles. The molecule has 2 amide bonds. The fraction of sp³-hybridized carbons (Fsp3) is 0.286. The van der Waals surface area contributed by atoms with Gasteiger partial charge >= 0.3 is 5.97 Å². The molecule has 2 aromatic rings. The van der Waals surface area contributed by atoms with E-state index in [0.717, 1.165) is 0 Å². The number of carboxylic acids is 1. The number of benzene rings is 2. The van der Waals surface area contributed by atoms with Crippen molar-refractivity contribution in [2.45, 2.75) is 38.6 Å². The zero-order valence-electron chi connectivity index (χ0n) is 15.7. The van der Waals surface area contributed by atoms with Crippen molar-refractivity contribution in [3.8, 4) is 11.5 Å². The molecule has 2 rings (SSSR count). The predicted molar refractivity (Wildman–Crippen MR) is 105 cm³/mol. The highest BCUT2D eigenvalue weighted by molar-refractivity contribution is 6.00. The SMILES string of the molecule is CCCC(=O)N(c1ccccc1Oc1ccccc1)[C@@H](CCC(N)=O)C(=O)O. The van der Waals surface area contributed by atoms with Crippen LogP contribution in [-0.2, 0) is 14.4 Å². The molecular weight excluding hydrogens is 360 g/mol. The van der Waals surface area contributed by atoms with Gasteiger partial charge in [-0.05, 0) is 37.1 Å². The molecule has 0 aliphatic carbocycles. The molecule has 0 heterocycles. The minimum absolute atomic E-state index is 0.0835. The number of carbonyl (C=O) groups excluding carboxylic acids is 2. The number of nitrogens with zero attached hydrogens (tertiary/aromatic N) is 1. The molecule has 0 spiro atoms. The van der Waals surface area contributed by atoms with E-state index in [-0.39, 0.29) is 25.2 Å². The van der Waals surface area contributed by atoms with Crippen LogP contribution in [-0.4, -0.2) is 28.9 Å². The highest BCUT2D eigenvalue weighted by Crippen LogP contribution is 2.34. The smallest absolute Gasteiger partial charge is 0.326 e. The number of aliphatic carboxylic acids is 1. The van der Waals surface area contributed by atoms with Gasteiger partial charge in [-0.25, -0.2) is 4.79 Å². The third-order valence-electron chi connectivity index (χ3n) is 4.09. The Morgan fingerprint density at radius 1 is 1.04 bits per heavy atom. The van der Waals surface area contributed by atoms with Gasteiger partial charge in [0.2, 0.25) is 11.8 Å². The van der Waals surface area contributed by atoms with E-state index in [0.29, 0.717) is 23.6 Å². The lowest BCUT2D eigenvalue weighted by atomic mass is 10.1. The maximum atomic E-state index is 12.8. The second-order valence-corrected chi connectivity index (χ2v) is 6.26. The predicted octanol–water partition coefficient (Wildman–Crippen LogP) is 3.33. The van der Waals surface area contributed by atoms with Crippen molar-refractivity contribution in [2.24, 2.45) is 5.73 Å². The number of carbonyl (C=O) groups is 3.